The Morgan fingerprint density at radius 2 is 2.07 bits per heavy atom. The Labute approximate surface area is 171 Å². The third-order valence-corrected chi connectivity index (χ3v) is 6.21. The van der Waals surface area contributed by atoms with E-state index < -0.39 is 0 Å². The fourth-order valence-corrected chi connectivity index (χ4v) is 4.89. The minimum atomic E-state index is -0.385. The fraction of sp³-hybridized carbons (Fsp3) is 0.500. The summed E-state index contributed by atoms with van der Waals surface area (Å²) in [5.74, 6) is 1.08. The van der Waals surface area contributed by atoms with Gasteiger partial charge in [-0.25, -0.2) is 4.98 Å². The van der Waals surface area contributed by atoms with Gasteiger partial charge in [0.25, 0.3) is 0 Å². The highest BCUT2D eigenvalue weighted by atomic mass is 16.5. The number of hydrogen-bond acceptors (Lipinski definition) is 5. The molecule has 0 saturated carbocycles. The summed E-state index contributed by atoms with van der Waals surface area (Å²) in [7, 11) is 1.66. The van der Waals surface area contributed by atoms with E-state index in [0.29, 0.717) is 19.6 Å². The van der Waals surface area contributed by atoms with E-state index in [2.05, 4.69) is 22.3 Å². The Morgan fingerprint density at radius 1 is 1.24 bits per heavy atom. The highest BCUT2D eigenvalue weighted by molar-refractivity contribution is 5.84. The molecule has 0 spiro atoms. The summed E-state index contributed by atoms with van der Waals surface area (Å²) in [6, 6.07) is 10.0. The van der Waals surface area contributed by atoms with Crippen LogP contribution in [0.3, 0.4) is 0 Å². The molecule has 2 saturated heterocycles. The number of hydrogen-bond donors (Lipinski definition) is 1. The lowest BCUT2D eigenvalue weighted by atomic mass is 9.80. The van der Waals surface area contributed by atoms with E-state index >= 15 is 0 Å². The number of nitrogens with zero attached hydrogens (tertiary/aromatic N) is 3. The molecule has 4 rings (SSSR count). The zero-order chi connectivity index (χ0) is 20.6. The van der Waals surface area contributed by atoms with E-state index in [1.165, 1.54) is 0 Å². The highest BCUT2D eigenvalue weighted by Crippen LogP contribution is 2.36. The number of rotatable bonds is 4. The smallest absolute Gasteiger partial charge is 0.219 e. The van der Waals surface area contributed by atoms with Crippen molar-refractivity contribution in [2.45, 2.75) is 32.4 Å². The Kier molecular flexibility index (Phi) is 5.17. The second-order valence-electron chi connectivity index (χ2n) is 8.27. The normalized spacial score (nSPS) is 24.4. The molecule has 29 heavy (non-hydrogen) atoms. The number of para-hydroxylation sites is 1. The number of piperidine rings is 1. The minimum Gasteiger partial charge on any atom is -0.494 e. The van der Waals surface area contributed by atoms with Gasteiger partial charge in [0, 0.05) is 51.3 Å². The number of carbonyl (C=O) groups is 2. The quantitative estimate of drug-likeness (QED) is 0.853. The molecule has 2 amide bonds. The molecule has 2 aliphatic heterocycles. The second-order valence-corrected chi connectivity index (χ2v) is 8.27. The van der Waals surface area contributed by atoms with Crippen molar-refractivity contribution in [1.82, 2.24) is 20.1 Å². The Hall–Kier alpha value is -2.67. The maximum Gasteiger partial charge on any atom is 0.219 e. The van der Waals surface area contributed by atoms with Crippen LogP contribution in [0.4, 0.5) is 0 Å². The van der Waals surface area contributed by atoms with Crippen LogP contribution >= 0.6 is 0 Å². The molecule has 154 valence electrons. The van der Waals surface area contributed by atoms with E-state index in [0.717, 1.165) is 41.9 Å². The lowest BCUT2D eigenvalue weighted by molar-refractivity contribution is -0.128. The molecule has 1 N–H and O–H groups in total. The van der Waals surface area contributed by atoms with E-state index in [1.807, 2.05) is 23.1 Å². The lowest BCUT2D eigenvalue weighted by Gasteiger charge is -2.44. The molecule has 2 aromatic rings. The van der Waals surface area contributed by atoms with Crippen LogP contribution in [0.25, 0.3) is 10.9 Å². The summed E-state index contributed by atoms with van der Waals surface area (Å²) < 4.78 is 5.46. The van der Waals surface area contributed by atoms with Gasteiger partial charge in [0.2, 0.25) is 11.8 Å². The van der Waals surface area contributed by atoms with Gasteiger partial charge in [-0.05, 0) is 25.1 Å². The first kappa shape index (κ1) is 19.6. The highest BCUT2D eigenvalue weighted by Gasteiger charge is 2.50. The van der Waals surface area contributed by atoms with Gasteiger partial charge in [-0.2, -0.15) is 0 Å². The standard InChI is InChI=1S/C22H28N4O3/c1-15(27)24-22-13-25(10-9-18(22)11-26(14-22)16(2)28)12-19-8-7-17-5-4-6-20(29-3)21(17)23-19/h4-8,18H,9-14H2,1-3H3,(H,24,27)/t18-,22-/m1/s1. The van der Waals surface area contributed by atoms with Crippen LogP contribution in [0.1, 0.15) is 26.0 Å². The first-order chi connectivity index (χ1) is 13.9. The van der Waals surface area contributed by atoms with Crippen molar-refractivity contribution in [3.8, 4) is 5.75 Å². The van der Waals surface area contributed by atoms with Crippen molar-refractivity contribution in [2.75, 3.05) is 33.3 Å². The van der Waals surface area contributed by atoms with Crippen LogP contribution < -0.4 is 10.1 Å². The zero-order valence-corrected chi connectivity index (χ0v) is 17.3. The molecule has 7 heteroatoms. The van der Waals surface area contributed by atoms with E-state index in [9.17, 15) is 9.59 Å². The van der Waals surface area contributed by atoms with Crippen LogP contribution in [0, 0.1) is 5.92 Å². The van der Waals surface area contributed by atoms with Gasteiger partial charge in [0.1, 0.15) is 11.3 Å². The van der Waals surface area contributed by atoms with Crippen molar-refractivity contribution < 1.29 is 14.3 Å². The first-order valence-corrected chi connectivity index (χ1v) is 10.1. The van der Waals surface area contributed by atoms with Crippen LogP contribution in [0.15, 0.2) is 30.3 Å². The molecule has 2 atom stereocenters. The number of carbonyl (C=O) groups excluding carboxylic acids is 2. The monoisotopic (exact) mass is 396 g/mol. The van der Waals surface area contributed by atoms with Gasteiger partial charge < -0.3 is 15.0 Å². The summed E-state index contributed by atoms with van der Waals surface area (Å²) in [5, 5.41) is 4.24. The van der Waals surface area contributed by atoms with Crippen molar-refractivity contribution in [1.29, 1.82) is 0 Å². The van der Waals surface area contributed by atoms with Crippen LogP contribution in [0.5, 0.6) is 5.75 Å². The number of amides is 2. The summed E-state index contributed by atoms with van der Waals surface area (Å²) in [4.78, 5) is 32.9. The van der Waals surface area contributed by atoms with E-state index in [1.54, 1.807) is 21.0 Å². The third-order valence-electron chi connectivity index (χ3n) is 6.21. The number of methoxy groups -OCH3 is 1. The molecule has 2 aliphatic rings. The number of nitrogens with one attached hydrogen (secondary N) is 1. The molecule has 1 aromatic heterocycles. The summed E-state index contributed by atoms with van der Waals surface area (Å²) in [6.45, 7) is 6.77. The molecular weight excluding hydrogens is 368 g/mol. The first-order valence-electron chi connectivity index (χ1n) is 10.1. The van der Waals surface area contributed by atoms with E-state index in [-0.39, 0.29) is 23.3 Å². The second kappa shape index (κ2) is 7.63. The lowest BCUT2D eigenvalue weighted by Crippen LogP contribution is -2.63. The SMILES string of the molecule is COc1cccc2ccc(CN3CC[C@@H]4CN(C(C)=O)C[C@]4(NC(C)=O)C3)nc12. The summed E-state index contributed by atoms with van der Waals surface area (Å²) in [6.07, 6.45) is 0.945. The van der Waals surface area contributed by atoms with Crippen LogP contribution in [0.2, 0.25) is 0 Å². The topological polar surface area (TPSA) is 74.8 Å². The molecule has 1 aromatic carbocycles. The Bertz CT molecular complexity index is 947. The number of ether oxygens (including phenoxy) is 1. The third kappa shape index (κ3) is 3.79. The van der Waals surface area contributed by atoms with Crippen molar-refractivity contribution >= 4 is 22.7 Å². The largest absolute Gasteiger partial charge is 0.494 e. The van der Waals surface area contributed by atoms with E-state index in [4.69, 9.17) is 9.72 Å². The number of likely N-dealkylation sites (tertiary alicyclic amines) is 2. The summed E-state index contributed by atoms with van der Waals surface area (Å²) in [5.41, 5.74) is 1.45. The fourth-order valence-electron chi connectivity index (χ4n) is 4.89. The van der Waals surface area contributed by atoms with Gasteiger partial charge in [-0.15, -0.1) is 0 Å². The molecule has 0 aliphatic carbocycles. The Morgan fingerprint density at radius 3 is 2.79 bits per heavy atom. The average molecular weight is 396 g/mol. The number of fused-ring (bicyclic) bond motifs is 2. The number of aromatic nitrogens is 1. The molecule has 0 unspecified atom stereocenters. The molecule has 7 nitrogen and oxygen atoms in total. The maximum absolute atomic E-state index is 12.0. The molecular formula is C22H28N4O3. The molecule has 0 radical (unpaired) electrons. The number of benzene rings is 1. The summed E-state index contributed by atoms with van der Waals surface area (Å²) >= 11 is 0. The van der Waals surface area contributed by atoms with Gasteiger partial charge >= 0.3 is 0 Å². The van der Waals surface area contributed by atoms with Crippen LogP contribution in [-0.4, -0.2) is 65.4 Å². The number of pyridine rings is 1. The van der Waals surface area contributed by atoms with Gasteiger partial charge in [-0.3, -0.25) is 14.5 Å². The predicted molar refractivity (Wildman–Crippen MR) is 110 cm³/mol. The van der Waals surface area contributed by atoms with Gasteiger partial charge in [0.05, 0.1) is 18.3 Å². The minimum absolute atomic E-state index is 0.0455. The molecule has 3 heterocycles. The van der Waals surface area contributed by atoms with Gasteiger partial charge in [0.15, 0.2) is 0 Å². The maximum atomic E-state index is 12.0. The Balaban J connectivity index is 1.56. The predicted octanol–water partition coefficient (Wildman–Crippen LogP) is 1.80. The van der Waals surface area contributed by atoms with Crippen molar-refractivity contribution in [3.05, 3.63) is 36.0 Å². The molecule has 0 bridgehead atoms. The van der Waals surface area contributed by atoms with Crippen LogP contribution in [-0.2, 0) is 16.1 Å². The van der Waals surface area contributed by atoms with Crippen molar-refractivity contribution in [3.63, 3.8) is 0 Å². The van der Waals surface area contributed by atoms with Crippen molar-refractivity contribution in [2.24, 2.45) is 5.92 Å². The van der Waals surface area contributed by atoms with Gasteiger partial charge in [-0.1, -0.05) is 18.2 Å². The zero-order valence-electron chi connectivity index (χ0n) is 17.3. The molecule has 2 fully saturated rings. The average Bonchev–Trinajstić information content (AvgIpc) is 3.05.